The molecule has 2 aromatic rings. The molecule has 0 aliphatic heterocycles. The average molecular weight is 467 g/mol. The van der Waals surface area contributed by atoms with Crippen molar-refractivity contribution in [1.29, 1.82) is 0 Å². The van der Waals surface area contributed by atoms with Gasteiger partial charge in [0.25, 0.3) is 0 Å². The molecule has 3 rings (SSSR count). The van der Waals surface area contributed by atoms with Gasteiger partial charge in [0, 0.05) is 32.5 Å². The van der Waals surface area contributed by atoms with Crippen molar-refractivity contribution in [2.75, 3.05) is 26.7 Å². The van der Waals surface area contributed by atoms with Crippen LogP contribution >= 0.6 is 0 Å². The van der Waals surface area contributed by atoms with Crippen LogP contribution in [0.15, 0.2) is 48.5 Å². The molecular formula is C27H34N2O5. The summed E-state index contributed by atoms with van der Waals surface area (Å²) in [6.45, 7) is 4.87. The number of carboxylic acid groups (broad SMARTS) is 1. The number of alkyl carbamates (subject to hydrolysis) is 1. The molecule has 0 aromatic heterocycles. The highest BCUT2D eigenvalue weighted by molar-refractivity contribution is 5.79. The Labute approximate surface area is 201 Å². The van der Waals surface area contributed by atoms with E-state index >= 15 is 0 Å². The first kappa shape index (κ1) is 25.3. The first-order valence-corrected chi connectivity index (χ1v) is 11.8. The third-order valence-corrected chi connectivity index (χ3v) is 6.23. The molecule has 182 valence electrons. The third-order valence-electron chi connectivity index (χ3n) is 6.23. The number of rotatable bonds is 11. The zero-order chi connectivity index (χ0) is 24.7. The van der Waals surface area contributed by atoms with Crippen LogP contribution in [0.1, 0.15) is 50.2 Å². The normalized spacial score (nSPS) is 13.2. The predicted octanol–water partition coefficient (Wildman–Crippen LogP) is 4.51. The van der Waals surface area contributed by atoms with Gasteiger partial charge < -0.3 is 20.1 Å². The summed E-state index contributed by atoms with van der Waals surface area (Å²) in [5.41, 5.74) is 4.66. The summed E-state index contributed by atoms with van der Waals surface area (Å²) in [5.74, 6) is -0.766. The smallest absolute Gasteiger partial charge is 0.407 e. The Balaban J connectivity index is 1.54. The van der Waals surface area contributed by atoms with Crippen LogP contribution < -0.4 is 5.32 Å². The fraction of sp³-hybridized carbons (Fsp3) is 0.444. The number of amides is 2. The number of benzene rings is 2. The molecule has 0 spiro atoms. The zero-order valence-corrected chi connectivity index (χ0v) is 20.1. The number of nitrogens with zero attached hydrogens (tertiary/aromatic N) is 1. The number of hydrogen-bond donors (Lipinski definition) is 2. The van der Waals surface area contributed by atoms with E-state index in [-0.39, 0.29) is 43.7 Å². The summed E-state index contributed by atoms with van der Waals surface area (Å²) in [4.78, 5) is 37.2. The van der Waals surface area contributed by atoms with Crippen LogP contribution in [0.3, 0.4) is 0 Å². The lowest BCUT2D eigenvalue weighted by Gasteiger charge is -2.23. The van der Waals surface area contributed by atoms with Gasteiger partial charge >= 0.3 is 12.1 Å². The van der Waals surface area contributed by atoms with Gasteiger partial charge in [0.15, 0.2) is 0 Å². The molecule has 1 aliphatic carbocycles. The van der Waals surface area contributed by atoms with Crippen molar-refractivity contribution >= 4 is 18.0 Å². The number of carbonyl (C=O) groups is 3. The molecule has 0 fully saturated rings. The van der Waals surface area contributed by atoms with Crippen LogP contribution in [0.25, 0.3) is 11.1 Å². The second-order valence-corrected chi connectivity index (χ2v) is 9.37. The standard InChI is InChI=1S/C27H34N2O5/c1-18(2)14-19(15-25(30)29(3)13-12-26(31)32)16-28-27(33)34-17-24-22-10-6-4-8-20(22)21-9-5-7-11-23(21)24/h4-11,18-19,24H,12-17H2,1-3H3,(H,28,33)(H,31,32)/t19-/m0/s1. The molecule has 0 unspecified atom stereocenters. The van der Waals surface area contributed by atoms with E-state index in [1.807, 2.05) is 24.3 Å². The molecule has 1 aliphatic rings. The Hall–Kier alpha value is -3.35. The van der Waals surface area contributed by atoms with Gasteiger partial charge in [0.1, 0.15) is 6.61 Å². The minimum atomic E-state index is -0.935. The third kappa shape index (κ3) is 6.59. The summed E-state index contributed by atoms with van der Waals surface area (Å²) < 4.78 is 5.60. The summed E-state index contributed by atoms with van der Waals surface area (Å²) in [5, 5.41) is 11.7. The lowest BCUT2D eigenvalue weighted by atomic mass is 9.93. The quantitative estimate of drug-likeness (QED) is 0.508. The van der Waals surface area contributed by atoms with Gasteiger partial charge in [-0.05, 0) is 40.5 Å². The highest BCUT2D eigenvalue weighted by atomic mass is 16.5. The SMILES string of the molecule is CC(C)C[C@H](CNC(=O)OCC1c2ccccc2-c2ccccc21)CC(=O)N(C)CCC(=O)O. The maximum Gasteiger partial charge on any atom is 0.407 e. The van der Waals surface area contributed by atoms with Crippen molar-refractivity contribution in [3.63, 3.8) is 0 Å². The molecule has 1 atom stereocenters. The van der Waals surface area contributed by atoms with Gasteiger partial charge in [-0.1, -0.05) is 62.4 Å². The molecule has 2 amide bonds. The van der Waals surface area contributed by atoms with E-state index < -0.39 is 12.1 Å². The Morgan fingerprint density at radius 2 is 1.62 bits per heavy atom. The minimum Gasteiger partial charge on any atom is -0.481 e. The molecule has 0 radical (unpaired) electrons. The molecule has 7 heteroatoms. The fourth-order valence-electron chi connectivity index (χ4n) is 4.57. The molecule has 34 heavy (non-hydrogen) atoms. The Kier molecular flexibility index (Phi) is 8.68. The second-order valence-electron chi connectivity index (χ2n) is 9.37. The van der Waals surface area contributed by atoms with Gasteiger partial charge in [-0.3, -0.25) is 9.59 Å². The van der Waals surface area contributed by atoms with E-state index in [0.717, 1.165) is 17.5 Å². The zero-order valence-electron chi connectivity index (χ0n) is 20.1. The lowest BCUT2D eigenvalue weighted by molar-refractivity contribution is -0.138. The monoisotopic (exact) mass is 466 g/mol. The van der Waals surface area contributed by atoms with Crippen LogP contribution in [-0.2, 0) is 14.3 Å². The van der Waals surface area contributed by atoms with Crippen molar-refractivity contribution in [3.8, 4) is 11.1 Å². The summed E-state index contributed by atoms with van der Waals surface area (Å²) >= 11 is 0. The van der Waals surface area contributed by atoms with Crippen LogP contribution in [-0.4, -0.2) is 54.7 Å². The maximum absolute atomic E-state index is 12.5. The van der Waals surface area contributed by atoms with Crippen molar-refractivity contribution in [2.45, 2.75) is 39.0 Å². The first-order chi connectivity index (χ1) is 16.3. The highest BCUT2D eigenvalue weighted by Gasteiger charge is 2.29. The van der Waals surface area contributed by atoms with E-state index in [9.17, 15) is 14.4 Å². The Morgan fingerprint density at radius 3 is 2.18 bits per heavy atom. The van der Waals surface area contributed by atoms with Crippen molar-refractivity contribution < 1.29 is 24.2 Å². The largest absolute Gasteiger partial charge is 0.481 e. The number of carboxylic acids is 1. The number of ether oxygens (including phenoxy) is 1. The minimum absolute atomic E-state index is 0.00549. The number of fused-ring (bicyclic) bond motifs is 3. The maximum atomic E-state index is 12.5. The number of nitrogens with one attached hydrogen (secondary N) is 1. The lowest BCUT2D eigenvalue weighted by Crippen LogP contribution is -2.35. The number of aliphatic carboxylic acids is 1. The number of carbonyl (C=O) groups excluding carboxylic acids is 2. The van der Waals surface area contributed by atoms with Crippen LogP contribution in [0.2, 0.25) is 0 Å². The van der Waals surface area contributed by atoms with Gasteiger partial charge in [-0.2, -0.15) is 0 Å². The van der Waals surface area contributed by atoms with Crippen molar-refractivity contribution in [1.82, 2.24) is 10.2 Å². The molecule has 0 saturated carbocycles. The van der Waals surface area contributed by atoms with Gasteiger partial charge in [0.2, 0.25) is 5.91 Å². The van der Waals surface area contributed by atoms with E-state index in [0.29, 0.717) is 12.5 Å². The molecule has 2 N–H and O–H groups in total. The summed E-state index contributed by atoms with van der Waals surface area (Å²) in [7, 11) is 1.61. The Morgan fingerprint density at radius 1 is 1.03 bits per heavy atom. The van der Waals surface area contributed by atoms with Gasteiger partial charge in [0.05, 0.1) is 6.42 Å². The molecule has 2 aromatic carbocycles. The predicted molar refractivity (Wildman–Crippen MR) is 131 cm³/mol. The Bertz CT molecular complexity index is 974. The first-order valence-electron chi connectivity index (χ1n) is 11.8. The van der Waals surface area contributed by atoms with Crippen LogP contribution in [0, 0.1) is 11.8 Å². The topological polar surface area (TPSA) is 95.9 Å². The van der Waals surface area contributed by atoms with E-state index in [1.54, 1.807) is 7.05 Å². The van der Waals surface area contributed by atoms with Crippen molar-refractivity contribution in [3.05, 3.63) is 59.7 Å². The summed E-state index contributed by atoms with van der Waals surface area (Å²) in [6.07, 6.45) is 0.428. The fourth-order valence-corrected chi connectivity index (χ4v) is 4.57. The second kappa shape index (κ2) is 11.7. The molecule has 0 heterocycles. The van der Waals surface area contributed by atoms with Gasteiger partial charge in [-0.25, -0.2) is 4.79 Å². The van der Waals surface area contributed by atoms with E-state index in [1.165, 1.54) is 16.0 Å². The molecule has 7 nitrogen and oxygen atoms in total. The highest BCUT2D eigenvalue weighted by Crippen LogP contribution is 2.44. The van der Waals surface area contributed by atoms with Crippen LogP contribution in [0.4, 0.5) is 4.79 Å². The molecule has 0 saturated heterocycles. The van der Waals surface area contributed by atoms with E-state index in [2.05, 4.69) is 43.4 Å². The molecule has 0 bridgehead atoms. The summed E-state index contributed by atoms with van der Waals surface area (Å²) in [6, 6.07) is 16.4. The van der Waals surface area contributed by atoms with E-state index in [4.69, 9.17) is 9.84 Å². The average Bonchev–Trinajstić information content (AvgIpc) is 3.13. The van der Waals surface area contributed by atoms with Crippen molar-refractivity contribution in [2.24, 2.45) is 11.8 Å². The molecular weight excluding hydrogens is 432 g/mol. The van der Waals surface area contributed by atoms with Crippen LogP contribution in [0.5, 0.6) is 0 Å². The van der Waals surface area contributed by atoms with Gasteiger partial charge in [-0.15, -0.1) is 0 Å². The number of hydrogen-bond acceptors (Lipinski definition) is 4.